The molecule has 0 saturated carbocycles. The Morgan fingerprint density at radius 3 is 1.89 bits per heavy atom. The summed E-state index contributed by atoms with van der Waals surface area (Å²) in [6, 6.07) is 5.72. The van der Waals surface area contributed by atoms with E-state index in [1.54, 1.807) is 18.2 Å². The largest absolute Gasteiger partial charge is 0.480 e. The number of carboxylic acid groups (broad SMARTS) is 3. The van der Waals surface area contributed by atoms with Crippen LogP contribution in [0.15, 0.2) is 30.3 Å². The van der Waals surface area contributed by atoms with Crippen LogP contribution in [-0.2, 0) is 14.4 Å². The molecule has 0 saturated heterocycles. The monoisotopic (exact) mass is 253 g/mol. The molecule has 0 fully saturated rings. The summed E-state index contributed by atoms with van der Waals surface area (Å²) in [6.45, 7) is -0.715. The summed E-state index contributed by atoms with van der Waals surface area (Å²) in [4.78, 5) is 33.3. The molecule has 0 aliphatic heterocycles. The van der Waals surface area contributed by atoms with E-state index in [0.29, 0.717) is 0 Å². The first-order chi connectivity index (χ1) is 8.43. The molecule has 0 bridgehead atoms. The summed E-state index contributed by atoms with van der Waals surface area (Å²) in [5.41, 5.74) is 0.217. The molecule has 0 aliphatic rings. The molecule has 0 amide bonds. The van der Waals surface area contributed by atoms with E-state index in [1.807, 2.05) is 0 Å². The minimum Gasteiger partial charge on any atom is -0.480 e. The highest BCUT2D eigenvalue weighted by atomic mass is 16.4. The topological polar surface area (TPSA) is 115 Å². The number of hydrogen-bond donors (Lipinski definition) is 3. The Balaban J connectivity index is 3.15. The number of nitrogens with zero attached hydrogens (tertiary/aromatic N) is 1. The van der Waals surface area contributed by atoms with Crippen molar-refractivity contribution in [3.8, 4) is 0 Å². The van der Waals surface area contributed by atoms with Crippen LogP contribution in [0.2, 0.25) is 0 Å². The first-order valence-electron chi connectivity index (χ1n) is 4.92. The maximum atomic E-state index is 10.9. The highest BCUT2D eigenvalue weighted by molar-refractivity contribution is 6.01. The molecule has 0 radical (unpaired) electrons. The Morgan fingerprint density at radius 2 is 1.50 bits per heavy atom. The number of hydrogen-bond acceptors (Lipinski definition) is 4. The average Bonchev–Trinajstić information content (AvgIpc) is 2.27. The zero-order valence-electron chi connectivity index (χ0n) is 9.18. The number of para-hydroxylation sites is 1. The number of benzene rings is 1. The molecule has 0 unspecified atom stereocenters. The van der Waals surface area contributed by atoms with Crippen molar-refractivity contribution in [1.82, 2.24) is 0 Å². The molecular weight excluding hydrogens is 242 g/mol. The SMILES string of the molecule is O=C(O)CN(c1ccccc1)C(C(=O)O)C(=O)O. The summed E-state index contributed by atoms with van der Waals surface area (Å²) in [5, 5.41) is 26.5. The van der Waals surface area contributed by atoms with E-state index in [4.69, 9.17) is 15.3 Å². The maximum absolute atomic E-state index is 10.9. The molecule has 0 spiro atoms. The lowest BCUT2D eigenvalue weighted by atomic mass is 10.2. The van der Waals surface area contributed by atoms with Gasteiger partial charge in [0.1, 0.15) is 6.54 Å². The highest BCUT2D eigenvalue weighted by Crippen LogP contribution is 2.16. The minimum atomic E-state index is -1.94. The van der Waals surface area contributed by atoms with Crippen LogP contribution >= 0.6 is 0 Å². The summed E-state index contributed by atoms with van der Waals surface area (Å²) >= 11 is 0. The molecule has 0 atom stereocenters. The number of anilines is 1. The van der Waals surface area contributed by atoms with Gasteiger partial charge in [-0.25, -0.2) is 9.59 Å². The van der Waals surface area contributed by atoms with Crippen molar-refractivity contribution < 1.29 is 29.7 Å². The fraction of sp³-hybridized carbons (Fsp3) is 0.182. The smallest absolute Gasteiger partial charge is 0.338 e. The first-order valence-corrected chi connectivity index (χ1v) is 4.92. The predicted octanol–water partition coefficient (Wildman–Crippen LogP) is 0.115. The summed E-state index contributed by atoms with van der Waals surface area (Å²) in [6.07, 6.45) is 0. The predicted molar refractivity (Wildman–Crippen MR) is 60.5 cm³/mol. The van der Waals surface area contributed by atoms with Crippen molar-refractivity contribution in [1.29, 1.82) is 0 Å². The van der Waals surface area contributed by atoms with Crippen LogP contribution in [-0.4, -0.2) is 45.8 Å². The van der Waals surface area contributed by atoms with Gasteiger partial charge in [0.2, 0.25) is 6.04 Å². The van der Waals surface area contributed by atoms with Gasteiger partial charge in [-0.3, -0.25) is 4.79 Å². The van der Waals surface area contributed by atoms with Crippen molar-refractivity contribution in [3.63, 3.8) is 0 Å². The van der Waals surface area contributed by atoms with Gasteiger partial charge < -0.3 is 20.2 Å². The molecule has 7 nitrogen and oxygen atoms in total. The van der Waals surface area contributed by atoms with E-state index in [0.717, 1.165) is 4.90 Å². The van der Waals surface area contributed by atoms with Gasteiger partial charge in [-0.15, -0.1) is 0 Å². The second-order valence-corrected chi connectivity index (χ2v) is 3.44. The van der Waals surface area contributed by atoms with Crippen LogP contribution in [0.5, 0.6) is 0 Å². The van der Waals surface area contributed by atoms with Gasteiger partial charge in [-0.2, -0.15) is 0 Å². The Bertz CT molecular complexity index is 444. The molecule has 1 aromatic rings. The summed E-state index contributed by atoms with van der Waals surface area (Å²) < 4.78 is 0. The Labute approximate surface area is 102 Å². The van der Waals surface area contributed by atoms with E-state index < -0.39 is 30.5 Å². The number of rotatable bonds is 6. The van der Waals surface area contributed by atoms with Gasteiger partial charge in [0.25, 0.3) is 0 Å². The van der Waals surface area contributed by atoms with Crippen molar-refractivity contribution in [2.45, 2.75) is 6.04 Å². The van der Waals surface area contributed by atoms with E-state index in [-0.39, 0.29) is 5.69 Å². The second kappa shape index (κ2) is 5.67. The van der Waals surface area contributed by atoms with Gasteiger partial charge >= 0.3 is 17.9 Å². The van der Waals surface area contributed by atoms with E-state index >= 15 is 0 Å². The minimum absolute atomic E-state index is 0.217. The van der Waals surface area contributed by atoms with Gasteiger partial charge in [0.05, 0.1) is 0 Å². The summed E-state index contributed by atoms with van der Waals surface area (Å²) in [7, 11) is 0. The highest BCUT2D eigenvalue weighted by Gasteiger charge is 2.34. The molecule has 1 rings (SSSR count). The van der Waals surface area contributed by atoms with Gasteiger partial charge in [0.15, 0.2) is 0 Å². The Hall–Kier alpha value is -2.57. The van der Waals surface area contributed by atoms with Gasteiger partial charge in [0, 0.05) is 5.69 Å². The Morgan fingerprint density at radius 1 is 1.00 bits per heavy atom. The second-order valence-electron chi connectivity index (χ2n) is 3.44. The number of carbonyl (C=O) groups is 3. The molecule has 0 aromatic heterocycles. The molecular formula is C11H11NO6. The fourth-order valence-electron chi connectivity index (χ4n) is 1.47. The molecule has 1 aromatic carbocycles. The van der Waals surface area contributed by atoms with Crippen LogP contribution < -0.4 is 4.90 Å². The maximum Gasteiger partial charge on any atom is 0.338 e. The molecule has 7 heteroatoms. The number of aliphatic carboxylic acids is 3. The fourth-order valence-corrected chi connectivity index (χ4v) is 1.47. The lowest BCUT2D eigenvalue weighted by molar-refractivity contribution is -0.149. The average molecular weight is 253 g/mol. The van der Waals surface area contributed by atoms with E-state index in [2.05, 4.69) is 0 Å². The third-order valence-electron chi connectivity index (χ3n) is 2.17. The lowest BCUT2D eigenvalue weighted by Gasteiger charge is -2.26. The van der Waals surface area contributed by atoms with Gasteiger partial charge in [-0.1, -0.05) is 18.2 Å². The quantitative estimate of drug-likeness (QED) is 0.616. The van der Waals surface area contributed by atoms with Crippen LogP contribution in [0.3, 0.4) is 0 Å². The van der Waals surface area contributed by atoms with E-state index in [9.17, 15) is 14.4 Å². The van der Waals surface area contributed by atoms with Crippen molar-refractivity contribution in [2.24, 2.45) is 0 Å². The van der Waals surface area contributed by atoms with Crippen LogP contribution in [0, 0.1) is 0 Å². The van der Waals surface area contributed by atoms with Crippen LogP contribution in [0.4, 0.5) is 5.69 Å². The van der Waals surface area contributed by atoms with Crippen molar-refractivity contribution in [3.05, 3.63) is 30.3 Å². The van der Waals surface area contributed by atoms with E-state index in [1.165, 1.54) is 12.1 Å². The number of carboxylic acids is 3. The summed E-state index contributed by atoms with van der Waals surface area (Å²) in [5.74, 6) is -4.55. The standard InChI is InChI=1S/C11H11NO6/c13-8(14)6-12(7-4-2-1-3-5-7)9(10(15)16)11(17)18/h1-5,9H,6H2,(H,13,14)(H,15,16)(H,17,18). The molecule has 0 aliphatic carbocycles. The molecule has 0 heterocycles. The van der Waals surface area contributed by atoms with Crippen molar-refractivity contribution in [2.75, 3.05) is 11.4 Å². The third kappa shape index (κ3) is 3.21. The van der Waals surface area contributed by atoms with Gasteiger partial charge in [-0.05, 0) is 12.1 Å². The Kier molecular flexibility index (Phi) is 4.25. The zero-order chi connectivity index (χ0) is 13.7. The third-order valence-corrected chi connectivity index (χ3v) is 2.17. The van der Waals surface area contributed by atoms with Crippen LogP contribution in [0.1, 0.15) is 0 Å². The molecule has 3 N–H and O–H groups in total. The molecule has 96 valence electrons. The lowest BCUT2D eigenvalue weighted by Crippen LogP contribution is -2.49. The van der Waals surface area contributed by atoms with Crippen molar-refractivity contribution >= 4 is 23.6 Å². The zero-order valence-corrected chi connectivity index (χ0v) is 9.18. The van der Waals surface area contributed by atoms with Crippen LogP contribution in [0.25, 0.3) is 0 Å². The normalized spacial score (nSPS) is 10.1. The molecule has 18 heavy (non-hydrogen) atoms. The first kappa shape index (κ1) is 13.5.